The van der Waals surface area contributed by atoms with Crippen LogP contribution >= 0.6 is 0 Å². The second-order valence-electron chi connectivity index (χ2n) is 9.55. The number of para-hydroxylation sites is 1. The van der Waals surface area contributed by atoms with Gasteiger partial charge >= 0.3 is 5.97 Å². The molecule has 0 atom stereocenters. The number of carbonyl (C=O) groups is 2. The Hall–Kier alpha value is -3.71. The predicted octanol–water partition coefficient (Wildman–Crippen LogP) is 3.75. The fraction of sp³-hybridized carbons (Fsp3) is 0.467. The summed E-state index contributed by atoms with van der Waals surface area (Å²) in [7, 11) is 0. The molecule has 1 N–H and O–H groups in total. The summed E-state index contributed by atoms with van der Waals surface area (Å²) in [6.07, 6.45) is 0.345. The minimum Gasteiger partial charge on any atom is -0.481 e. The quantitative estimate of drug-likeness (QED) is 0.223. The number of carboxylic acid groups (broad SMARTS) is 1. The molecule has 1 aromatic heterocycles. The first-order chi connectivity index (χ1) is 20.6. The van der Waals surface area contributed by atoms with Crippen molar-refractivity contribution < 1.29 is 38.0 Å². The molecule has 12 heteroatoms. The summed E-state index contributed by atoms with van der Waals surface area (Å²) in [6.45, 7) is 3.25. The highest BCUT2D eigenvalue weighted by atomic mass is 18.2. The molecule has 2 aromatic carbocycles. The standard InChI is InChI=1S/C30H37FN4O7/c31-12-14-39-16-18-41-20-21-42-19-17-40-15-13-35-30-24-7-2-1-6-23(24)22-34(27(36)10-5-11-28(37)38)26-9-4-3-8-25(26)29(30)32-33-35/h1-4,6-9H,5,10-22H2,(H,37,38)/i31-1. The van der Waals surface area contributed by atoms with Gasteiger partial charge in [-0.2, -0.15) is 0 Å². The number of fused-ring (bicyclic) bond motifs is 5. The second kappa shape index (κ2) is 16.7. The third-order valence-corrected chi connectivity index (χ3v) is 6.65. The Bertz CT molecular complexity index is 1300. The van der Waals surface area contributed by atoms with E-state index >= 15 is 0 Å². The average molecular weight is 584 g/mol. The van der Waals surface area contributed by atoms with Gasteiger partial charge in [0.2, 0.25) is 5.91 Å². The Morgan fingerprint density at radius 2 is 1.43 bits per heavy atom. The highest BCUT2D eigenvalue weighted by Gasteiger charge is 2.28. The zero-order valence-corrected chi connectivity index (χ0v) is 23.6. The molecule has 226 valence electrons. The lowest BCUT2D eigenvalue weighted by molar-refractivity contribution is -0.137. The molecule has 0 fully saturated rings. The second-order valence-corrected chi connectivity index (χ2v) is 9.55. The van der Waals surface area contributed by atoms with Crippen molar-refractivity contribution in [3.63, 3.8) is 0 Å². The summed E-state index contributed by atoms with van der Waals surface area (Å²) in [4.78, 5) is 26.0. The van der Waals surface area contributed by atoms with Crippen molar-refractivity contribution in [3.8, 4) is 22.5 Å². The molecular weight excluding hydrogens is 546 g/mol. The molecule has 11 nitrogen and oxygen atoms in total. The van der Waals surface area contributed by atoms with E-state index in [1.54, 1.807) is 4.90 Å². The molecular formula is C30H37FN4O7. The first-order valence-corrected chi connectivity index (χ1v) is 14.1. The molecule has 0 saturated carbocycles. The smallest absolute Gasteiger partial charge is 0.303 e. The van der Waals surface area contributed by atoms with Crippen molar-refractivity contribution >= 4 is 17.6 Å². The average Bonchev–Trinajstić information content (AvgIpc) is 3.40. The Morgan fingerprint density at radius 1 is 0.810 bits per heavy atom. The van der Waals surface area contributed by atoms with Gasteiger partial charge in [0.05, 0.1) is 77.3 Å². The zero-order chi connectivity index (χ0) is 29.6. The number of anilines is 1. The molecule has 1 amide bonds. The number of benzene rings is 2. The van der Waals surface area contributed by atoms with E-state index in [0.29, 0.717) is 70.7 Å². The maximum Gasteiger partial charge on any atom is 0.303 e. The Labute approximate surface area is 244 Å². The first-order valence-electron chi connectivity index (χ1n) is 14.1. The van der Waals surface area contributed by atoms with E-state index in [4.69, 9.17) is 24.1 Å². The van der Waals surface area contributed by atoms with Gasteiger partial charge in [-0.1, -0.05) is 47.7 Å². The maximum absolute atomic E-state index is 13.3. The summed E-state index contributed by atoms with van der Waals surface area (Å²) >= 11 is 0. The minimum absolute atomic E-state index is 0.0573. The fourth-order valence-corrected chi connectivity index (χ4v) is 4.69. The van der Waals surface area contributed by atoms with Crippen LogP contribution < -0.4 is 4.90 Å². The lowest BCUT2D eigenvalue weighted by Gasteiger charge is -2.28. The van der Waals surface area contributed by atoms with E-state index in [9.17, 15) is 14.0 Å². The SMILES string of the molecule is O=C(O)CCCC(=O)N1Cc2ccccc2-c2c(nnn2CCOCCOCCOCCOCC[18F])-c2ccccc21. The Morgan fingerprint density at radius 3 is 2.12 bits per heavy atom. The lowest BCUT2D eigenvalue weighted by atomic mass is 9.95. The van der Waals surface area contributed by atoms with Gasteiger partial charge in [-0.15, -0.1) is 5.10 Å². The van der Waals surface area contributed by atoms with Crippen molar-refractivity contribution in [3.05, 3.63) is 54.1 Å². The lowest BCUT2D eigenvalue weighted by Crippen LogP contribution is -2.31. The normalized spacial score (nSPS) is 12.3. The van der Waals surface area contributed by atoms with Gasteiger partial charge in [0.15, 0.2) is 0 Å². The summed E-state index contributed by atoms with van der Waals surface area (Å²) in [5.41, 5.74) is 4.88. The van der Waals surface area contributed by atoms with E-state index < -0.39 is 12.6 Å². The van der Waals surface area contributed by atoms with E-state index in [2.05, 4.69) is 10.3 Å². The maximum atomic E-state index is 13.3. The van der Waals surface area contributed by atoms with Crippen molar-refractivity contribution in [1.82, 2.24) is 15.0 Å². The summed E-state index contributed by atoms with van der Waals surface area (Å²) < 4.78 is 35.4. The molecule has 4 rings (SSSR count). The predicted molar refractivity (Wildman–Crippen MR) is 153 cm³/mol. The fourth-order valence-electron chi connectivity index (χ4n) is 4.69. The molecule has 3 aromatic rings. The molecule has 0 saturated heterocycles. The number of carbonyl (C=O) groups excluding carboxylic acids is 1. The van der Waals surface area contributed by atoms with Gasteiger partial charge in [0.25, 0.3) is 0 Å². The molecule has 0 bridgehead atoms. The van der Waals surface area contributed by atoms with Gasteiger partial charge in [-0.05, 0) is 18.1 Å². The molecule has 2 heterocycles. The molecule has 0 aliphatic carbocycles. The summed E-state index contributed by atoms with van der Waals surface area (Å²) in [6, 6.07) is 15.4. The van der Waals surface area contributed by atoms with Crippen LogP contribution in [0.2, 0.25) is 0 Å². The molecule has 0 unspecified atom stereocenters. The van der Waals surface area contributed by atoms with Crippen LogP contribution in [0.4, 0.5) is 10.1 Å². The zero-order valence-electron chi connectivity index (χ0n) is 23.6. The van der Waals surface area contributed by atoms with Crippen LogP contribution in [-0.2, 0) is 41.6 Å². The van der Waals surface area contributed by atoms with Crippen LogP contribution in [0.15, 0.2) is 48.5 Å². The first kappa shape index (κ1) is 31.2. The van der Waals surface area contributed by atoms with E-state index in [1.807, 2.05) is 53.2 Å². The number of hydrogen-bond donors (Lipinski definition) is 1. The third-order valence-electron chi connectivity index (χ3n) is 6.65. The number of halogens is 1. The van der Waals surface area contributed by atoms with Crippen LogP contribution in [0, 0.1) is 0 Å². The van der Waals surface area contributed by atoms with Crippen LogP contribution in [-0.4, -0.2) is 91.5 Å². The number of hydrogen-bond acceptors (Lipinski definition) is 8. The van der Waals surface area contributed by atoms with E-state index in [-0.39, 0.29) is 31.8 Å². The topological polar surface area (TPSA) is 125 Å². The number of nitrogens with zero attached hydrogens (tertiary/aromatic N) is 4. The van der Waals surface area contributed by atoms with Crippen molar-refractivity contribution in [2.45, 2.75) is 32.4 Å². The monoisotopic (exact) mass is 583 g/mol. The van der Waals surface area contributed by atoms with Crippen molar-refractivity contribution in [1.29, 1.82) is 0 Å². The number of amides is 1. The summed E-state index contributed by atoms with van der Waals surface area (Å²) in [5, 5.41) is 18.0. The largest absolute Gasteiger partial charge is 0.481 e. The van der Waals surface area contributed by atoms with Crippen molar-refractivity contribution in [2.75, 3.05) is 64.4 Å². The van der Waals surface area contributed by atoms with E-state index in [1.165, 1.54) is 0 Å². The number of rotatable bonds is 18. The number of aliphatic carboxylic acids is 1. The number of ether oxygens (including phenoxy) is 4. The van der Waals surface area contributed by atoms with Crippen LogP contribution in [0.3, 0.4) is 0 Å². The Balaban J connectivity index is 1.38. The molecule has 0 spiro atoms. The highest BCUT2D eigenvalue weighted by molar-refractivity contribution is 6.00. The van der Waals surface area contributed by atoms with Gasteiger partial charge in [0, 0.05) is 24.0 Å². The number of carboxylic acids is 1. The molecule has 42 heavy (non-hydrogen) atoms. The number of alkyl halides is 1. The van der Waals surface area contributed by atoms with Crippen molar-refractivity contribution in [2.24, 2.45) is 0 Å². The van der Waals surface area contributed by atoms with Crippen LogP contribution in [0.5, 0.6) is 0 Å². The van der Waals surface area contributed by atoms with Crippen LogP contribution in [0.1, 0.15) is 24.8 Å². The summed E-state index contributed by atoms with van der Waals surface area (Å²) in [5.74, 6) is -1.06. The van der Waals surface area contributed by atoms with E-state index in [0.717, 1.165) is 22.4 Å². The van der Waals surface area contributed by atoms with Crippen LogP contribution in [0.25, 0.3) is 22.5 Å². The van der Waals surface area contributed by atoms with Gasteiger partial charge in [-0.25, -0.2) is 9.07 Å². The number of aromatic nitrogens is 3. The van der Waals surface area contributed by atoms with Gasteiger partial charge in [-0.3, -0.25) is 9.59 Å². The van der Waals surface area contributed by atoms with Gasteiger partial charge < -0.3 is 29.0 Å². The minimum atomic E-state index is -0.918. The molecule has 1 aliphatic rings. The highest BCUT2D eigenvalue weighted by Crippen LogP contribution is 2.41. The van der Waals surface area contributed by atoms with Gasteiger partial charge in [0.1, 0.15) is 12.4 Å². The third kappa shape index (κ3) is 8.65. The molecule has 1 aliphatic heterocycles. The molecule has 0 radical (unpaired) electrons. The Kier molecular flexibility index (Phi) is 12.4.